The SMILES string of the molecule is CCC(Oc1ccc2ccccc2c1)C(=O)Nc1ccc(S(=O)(=O)Nc2cc(Cl)cc(Cl)c2)cc1. The van der Waals surface area contributed by atoms with Gasteiger partial charge in [-0.15, -0.1) is 0 Å². The molecule has 0 bridgehead atoms. The summed E-state index contributed by atoms with van der Waals surface area (Å²) in [6.45, 7) is 1.86. The van der Waals surface area contributed by atoms with E-state index in [1.807, 2.05) is 49.4 Å². The molecular formula is C26H22Cl2N2O4S. The van der Waals surface area contributed by atoms with Crippen molar-refractivity contribution in [2.45, 2.75) is 24.3 Å². The Morgan fingerprint density at radius 3 is 2.17 bits per heavy atom. The Morgan fingerprint density at radius 2 is 1.51 bits per heavy atom. The summed E-state index contributed by atoms with van der Waals surface area (Å²) in [5.74, 6) is 0.266. The van der Waals surface area contributed by atoms with Crippen molar-refractivity contribution >= 4 is 61.3 Å². The van der Waals surface area contributed by atoms with Crippen LogP contribution in [0.3, 0.4) is 0 Å². The van der Waals surface area contributed by atoms with Crippen LogP contribution >= 0.6 is 23.2 Å². The van der Waals surface area contributed by atoms with Crippen LogP contribution in [0.5, 0.6) is 5.75 Å². The molecule has 9 heteroatoms. The number of fused-ring (bicyclic) bond motifs is 1. The molecule has 180 valence electrons. The number of amides is 1. The molecule has 35 heavy (non-hydrogen) atoms. The normalized spacial score (nSPS) is 12.2. The number of hydrogen-bond donors (Lipinski definition) is 2. The number of sulfonamides is 1. The van der Waals surface area contributed by atoms with E-state index >= 15 is 0 Å². The predicted molar refractivity (Wildman–Crippen MR) is 141 cm³/mol. The highest BCUT2D eigenvalue weighted by atomic mass is 35.5. The molecule has 0 aromatic heterocycles. The lowest BCUT2D eigenvalue weighted by atomic mass is 10.1. The largest absolute Gasteiger partial charge is 0.481 e. The molecule has 0 aliphatic heterocycles. The van der Waals surface area contributed by atoms with E-state index < -0.39 is 16.1 Å². The minimum atomic E-state index is -3.88. The number of carbonyl (C=O) groups is 1. The first-order valence-electron chi connectivity index (χ1n) is 10.8. The third-order valence-corrected chi connectivity index (χ3v) is 7.04. The van der Waals surface area contributed by atoms with E-state index in [1.165, 1.54) is 42.5 Å². The molecule has 0 fully saturated rings. The zero-order valence-electron chi connectivity index (χ0n) is 18.7. The van der Waals surface area contributed by atoms with Crippen molar-refractivity contribution in [3.05, 3.63) is 95.0 Å². The molecule has 1 amide bonds. The van der Waals surface area contributed by atoms with E-state index in [-0.39, 0.29) is 16.5 Å². The molecule has 0 spiro atoms. The predicted octanol–water partition coefficient (Wildman–Crippen LogP) is 6.74. The van der Waals surface area contributed by atoms with Crippen LogP contribution in [-0.2, 0) is 14.8 Å². The van der Waals surface area contributed by atoms with Gasteiger partial charge in [0.25, 0.3) is 15.9 Å². The zero-order valence-corrected chi connectivity index (χ0v) is 21.0. The van der Waals surface area contributed by atoms with E-state index in [0.29, 0.717) is 27.9 Å². The van der Waals surface area contributed by atoms with Gasteiger partial charge in [-0.2, -0.15) is 0 Å². The first kappa shape index (κ1) is 24.9. The van der Waals surface area contributed by atoms with Crippen LogP contribution < -0.4 is 14.8 Å². The van der Waals surface area contributed by atoms with Crippen molar-refractivity contribution in [1.29, 1.82) is 0 Å². The van der Waals surface area contributed by atoms with Crippen LogP contribution in [0.2, 0.25) is 10.0 Å². The topological polar surface area (TPSA) is 84.5 Å². The van der Waals surface area contributed by atoms with Crippen molar-refractivity contribution in [1.82, 2.24) is 0 Å². The summed E-state index contributed by atoms with van der Waals surface area (Å²) in [7, 11) is -3.88. The Kier molecular flexibility index (Phi) is 7.50. The minimum Gasteiger partial charge on any atom is -0.481 e. The standard InChI is InChI=1S/C26H22Cl2N2O4S/c1-2-25(34-23-10-7-17-5-3-4-6-18(17)13-23)26(31)29-21-8-11-24(12-9-21)35(32,33)30-22-15-19(27)14-20(28)16-22/h3-16,25,30H,2H2,1H3,(H,29,31). The molecule has 0 radical (unpaired) electrons. The number of carbonyl (C=O) groups excluding carboxylic acids is 1. The van der Waals surface area contributed by atoms with Gasteiger partial charge >= 0.3 is 0 Å². The van der Waals surface area contributed by atoms with Crippen molar-refractivity contribution in [3.63, 3.8) is 0 Å². The van der Waals surface area contributed by atoms with Gasteiger partial charge in [-0.05, 0) is 71.8 Å². The molecule has 6 nitrogen and oxygen atoms in total. The monoisotopic (exact) mass is 528 g/mol. The molecule has 0 saturated carbocycles. The van der Waals surface area contributed by atoms with Crippen LogP contribution in [-0.4, -0.2) is 20.4 Å². The van der Waals surface area contributed by atoms with Gasteiger partial charge in [-0.1, -0.05) is 60.5 Å². The molecule has 2 N–H and O–H groups in total. The maximum Gasteiger partial charge on any atom is 0.265 e. The van der Waals surface area contributed by atoms with Gasteiger partial charge in [0.05, 0.1) is 10.6 Å². The third-order valence-electron chi connectivity index (χ3n) is 5.21. The lowest BCUT2D eigenvalue weighted by Crippen LogP contribution is -2.32. The summed E-state index contributed by atoms with van der Waals surface area (Å²) in [5.41, 5.74) is 0.691. The summed E-state index contributed by atoms with van der Waals surface area (Å²) in [6.07, 6.45) is -0.258. The van der Waals surface area contributed by atoms with Gasteiger partial charge < -0.3 is 10.1 Å². The van der Waals surface area contributed by atoms with Crippen LogP contribution in [0.25, 0.3) is 10.8 Å². The number of hydrogen-bond acceptors (Lipinski definition) is 4. The summed E-state index contributed by atoms with van der Waals surface area (Å²) in [6, 6.07) is 23.8. The van der Waals surface area contributed by atoms with E-state index in [9.17, 15) is 13.2 Å². The second kappa shape index (κ2) is 10.6. The Hall–Kier alpha value is -3.26. The summed E-state index contributed by atoms with van der Waals surface area (Å²) in [4.78, 5) is 12.8. The zero-order chi connectivity index (χ0) is 25.0. The number of ether oxygens (including phenoxy) is 1. The first-order valence-corrected chi connectivity index (χ1v) is 13.0. The molecule has 0 heterocycles. The van der Waals surface area contributed by atoms with Gasteiger partial charge in [0, 0.05) is 15.7 Å². The fourth-order valence-electron chi connectivity index (χ4n) is 3.49. The average molecular weight is 529 g/mol. The van der Waals surface area contributed by atoms with E-state index in [4.69, 9.17) is 27.9 Å². The Bertz CT molecular complexity index is 1450. The van der Waals surface area contributed by atoms with Gasteiger partial charge in [0.1, 0.15) is 5.75 Å². The lowest BCUT2D eigenvalue weighted by molar-refractivity contribution is -0.122. The maximum atomic E-state index is 12.8. The average Bonchev–Trinajstić information content (AvgIpc) is 2.81. The van der Waals surface area contributed by atoms with Crippen LogP contribution in [0.1, 0.15) is 13.3 Å². The van der Waals surface area contributed by atoms with Crippen molar-refractivity contribution < 1.29 is 17.9 Å². The third kappa shape index (κ3) is 6.25. The summed E-state index contributed by atoms with van der Waals surface area (Å²) in [5, 5.41) is 5.50. The lowest BCUT2D eigenvalue weighted by Gasteiger charge is -2.18. The second-order valence-corrected chi connectivity index (χ2v) is 10.4. The first-order chi connectivity index (χ1) is 16.7. The molecule has 1 unspecified atom stereocenters. The van der Waals surface area contributed by atoms with Crippen LogP contribution in [0, 0.1) is 0 Å². The fourth-order valence-corrected chi connectivity index (χ4v) is 5.06. The van der Waals surface area contributed by atoms with Crippen LogP contribution in [0.4, 0.5) is 11.4 Å². The maximum absolute atomic E-state index is 12.8. The van der Waals surface area contributed by atoms with Crippen molar-refractivity contribution in [3.8, 4) is 5.75 Å². The van der Waals surface area contributed by atoms with Gasteiger partial charge in [-0.3, -0.25) is 9.52 Å². The van der Waals surface area contributed by atoms with Gasteiger partial charge in [0.15, 0.2) is 6.10 Å². The van der Waals surface area contributed by atoms with Crippen molar-refractivity contribution in [2.24, 2.45) is 0 Å². The number of anilines is 2. The molecule has 0 saturated heterocycles. The van der Waals surface area contributed by atoms with Gasteiger partial charge in [0.2, 0.25) is 0 Å². The second-order valence-electron chi connectivity index (χ2n) is 7.80. The molecule has 0 aliphatic carbocycles. The Balaban J connectivity index is 1.43. The Morgan fingerprint density at radius 1 is 0.857 bits per heavy atom. The van der Waals surface area contributed by atoms with E-state index in [0.717, 1.165) is 10.8 Å². The highest BCUT2D eigenvalue weighted by Crippen LogP contribution is 2.26. The molecule has 0 aliphatic rings. The minimum absolute atomic E-state index is 0.0195. The number of halogens is 2. The number of nitrogens with one attached hydrogen (secondary N) is 2. The highest BCUT2D eigenvalue weighted by molar-refractivity contribution is 7.92. The highest BCUT2D eigenvalue weighted by Gasteiger charge is 2.20. The summed E-state index contributed by atoms with van der Waals surface area (Å²) >= 11 is 11.9. The number of benzene rings is 4. The summed E-state index contributed by atoms with van der Waals surface area (Å²) < 4.78 is 33.8. The van der Waals surface area contributed by atoms with E-state index in [2.05, 4.69) is 10.0 Å². The number of rotatable bonds is 8. The fraction of sp³-hybridized carbons (Fsp3) is 0.115. The molecule has 4 rings (SSSR count). The molecule has 4 aromatic rings. The van der Waals surface area contributed by atoms with Crippen LogP contribution in [0.15, 0.2) is 89.8 Å². The Labute approximate surface area is 213 Å². The quantitative estimate of drug-likeness (QED) is 0.265. The smallest absolute Gasteiger partial charge is 0.265 e. The molecule has 1 atom stereocenters. The molecule has 4 aromatic carbocycles. The van der Waals surface area contributed by atoms with E-state index in [1.54, 1.807) is 0 Å². The van der Waals surface area contributed by atoms with Gasteiger partial charge in [-0.25, -0.2) is 8.42 Å². The van der Waals surface area contributed by atoms with Crippen molar-refractivity contribution in [2.75, 3.05) is 10.0 Å². The molecular weight excluding hydrogens is 507 g/mol.